The number of amides is 2. The smallest absolute Gasteiger partial charge is 0.269 e. The Morgan fingerprint density at radius 3 is 2.38 bits per heavy atom. The molecule has 0 fully saturated rings. The van der Waals surface area contributed by atoms with Gasteiger partial charge in [-0.25, -0.2) is 0 Å². The molecule has 0 saturated carbocycles. The van der Waals surface area contributed by atoms with Crippen LogP contribution in [0.1, 0.15) is 51.3 Å². The number of nitrogens with zero attached hydrogens (tertiary/aromatic N) is 2. The molecule has 0 unspecified atom stereocenters. The summed E-state index contributed by atoms with van der Waals surface area (Å²) in [6.07, 6.45) is 6.37. The number of rotatable bonds is 8. The van der Waals surface area contributed by atoms with Crippen molar-refractivity contribution in [3.63, 3.8) is 0 Å². The first-order chi connectivity index (χ1) is 12.5. The molecule has 0 aliphatic carbocycles. The number of anilines is 1. The summed E-state index contributed by atoms with van der Waals surface area (Å²) in [5.41, 5.74) is 0.813. The third kappa shape index (κ3) is 4.61. The normalized spacial score (nSPS) is 16.0. The number of hydrogen-bond donors (Lipinski definition) is 1. The summed E-state index contributed by atoms with van der Waals surface area (Å²) in [6.45, 7) is 8.07. The summed E-state index contributed by atoms with van der Waals surface area (Å²) >= 11 is 1.63. The Labute approximate surface area is 159 Å². The van der Waals surface area contributed by atoms with Crippen molar-refractivity contribution in [1.82, 2.24) is 5.32 Å². The van der Waals surface area contributed by atoms with Gasteiger partial charge in [-0.15, -0.1) is 11.3 Å². The molecule has 2 rings (SSSR count). The standard InChI is InChI=1S/C20H25N3O2S/c1-4-6-10-23(11-7-5-2)18-9-8-15(26-18)12-16-14(3)17(13-21)20(25)22-19(16)24/h8-9,12H,4-7,10-11H2,1-3H3,(H,22,24,25)/b16-12-. The molecule has 0 spiro atoms. The molecule has 2 heterocycles. The zero-order chi connectivity index (χ0) is 19.1. The summed E-state index contributed by atoms with van der Waals surface area (Å²) in [6, 6.07) is 5.95. The van der Waals surface area contributed by atoms with E-state index in [0.29, 0.717) is 11.1 Å². The highest BCUT2D eigenvalue weighted by Gasteiger charge is 2.27. The number of carbonyl (C=O) groups excluding carboxylic acids is 2. The molecule has 2 amide bonds. The maximum absolute atomic E-state index is 12.2. The third-order valence-corrected chi connectivity index (χ3v) is 5.46. The van der Waals surface area contributed by atoms with Gasteiger partial charge in [-0.3, -0.25) is 14.9 Å². The van der Waals surface area contributed by atoms with Crippen LogP contribution in [-0.2, 0) is 9.59 Å². The molecule has 1 N–H and O–H groups in total. The van der Waals surface area contributed by atoms with Crippen molar-refractivity contribution in [1.29, 1.82) is 5.26 Å². The van der Waals surface area contributed by atoms with Crippen molar-refractivity contribution >= 4 is 34.2 Å². The average molecular weight is 372 g/mol. The fraction of sp³-hybridized carbons (Fsp3) is 0.450. The van der Waals surface area contributed by atoms with Crippen LogP contribution in [0.5, 0.6) is 0 Å². The average Bonchev–Trinajstić information content (AvgIpc) is 3.07. The number of imide groups is 1. The van der Waals surface area contributed by atoms with Gasteiger partial charge in [0.1, 0.15) is 11.6 Å². The van der Waals surface area contributed by atoms with E-state index < -0.39 is 11.8 Å². The molecule has 26 heavy (non-hydrogen) atoms. The predicted octanol–water partition coefficient (Wildman–Crippen LogP) is 4.03. The zero-order valence-corrected chi connectivity index (χ0v) is 16.4. The van der Waals surface area contributed by atoms with E-state index in [-0.39, 0.29) is 5.57 Å². The van der Waals surface area contributed by atoms with Crippen molar-refractivity contribution in [2.75, 3.05) is 18.0 Å². The van der Waals surface area contributed by atoms with Crippen molar-refractivity contribution in [3.05, 3.63) is 33.7 Å². The number of hydrogen-bond acceptors (Lipinski definition) is 5. The molecule has 1 aliphatic rings. The van der Waals surface area contributed by atoms with E-state index in [1.165, 1.54) is 5.00 Å². The second-order valence-corrected chi connectivity index (χ2v) is 7.42. The molecule has 1 aromatic heterocycles. The predicted molar refractivity (Wildman–Crippen MR) is 106 cm³/mol. The summed E-state index contributed by atoms with van der Waals surface area (Å²) in [5, 5.41) is 12.6. The molecular weight excluding hydrogens is 346 g/mol. The Bertz CT molecular complexity index is 775. The van der Waals surface area contributed by atoms with Gasteiger partial charge in [0.15, 0.2) is 0 Å². The molecule has 0 radical (unpaired) electrons. The van der Waals surface area contributed by atoms with Gasteiger partial charge in [0.05, 0.1) is 5.00 Å². The Hall–Kier alpha value is -2.39. The molecule has 1 aliphatic heterocycles. The largest absolute Gasteiger partial charge is 0.363 e. The van der Waals surface area contributed by atoms with Crippen LogP contribution in [0.4, 0.5) is 5.00 Å². The van der Waals surface area contributed by atoms with Gasteiger partial charge in [-0.2, -0.15) is 5.26 Å². The lowest BCUT2D eigenvalue weighted by Gasteiger charge is -2.22. The molecule has 0 bridgehead atoms. The lowest BCUT2D eigenvalue weighted by Crippen LogP contribution is -2.37. The minimum absolute atomic E-state index is 0.000137. The minimum atomic E-state index is -0.621. The quantitative estimate of drug-likeness (QED) is 0.553. The number of unbranched alkanes of at least 4 members (excludes halogenated alkanes) is 2. The fourth-order valence-electron chi connectivity index (χ4n) is 2.78. The van der Waals surface area contributed by atoms with Crippen molar-refractivity contribution in [2.45, 2.75) is 46.5 Å². The van der Waals surface area contributed by atoms with Crippen LogP contribution in [0.25, 0.3) is 6.08 Å². The number of nitriles is 1. The molecule has 0 aromatic carbocycles. The lowest BCUT2D eigenvalue weighted by molar-refractivity contribution is -0.126. The first-order valence-electron chi connectivity index (χ1n) is 9.05. The SMILES string of the molecule is CCCCN(CCCC)c1ccc(/C=C2\C(=O)NC(=O)C(C#N)=C2C)s1. The van der Waals surface area contributed by atoms with Crippen LogP contribution in [0.3, 0.4) is 0 Å². The first-order valence-corrected chi connectivity index (χ1v) is 9.86. The second kappa shape index (κ2) is 9.35. The minimum Gasteiger partial charge on any atom is -0.363 e. The maximum Gasteiger partial charge on any atom is 0.269 e. The Morgan fingerprint density at radius 2 is 1.81 bits per heavy atom. The van der Waals surface area contributed by atoms with Gasteiger partial charge in [0, 0.05) is 23.5 Å². The van der Waals surface area contributed by atoms with Crippen molar-refractivity contribution < 1.29 is 9.59 Å². The first kappa shape index (κ1) is 19.9. The number of nitrogens with one attached hydrogen (secondary N) is 1. The maximum atomic E-state index is 12.2. The Kier molecular flexibility index (Phi) is 7.16. The van der Waals surface area contributed by atoms with Gasteiger partial charge < -0.3 is 4.90 Å². The lowest BCUT2D eigenvalue weighted by atomic mass is 9.96. The molecule has 0 atom stereocenters. The van der Waals surface area contributed by atoms with Crippen molar-refractivity contribution in [3.8, 4) is 6.07 Å². The van der Waals surface area contributed by atoms with E-state index in [4.69, 9.17) is 5.26 Å². The van der Waals surface area contributed by atoms with E-state index in [9.17, 15) is 9.59 Å². The van der Waals surface area contributed by atoms with Crippen molar-refractivity contribution in [2.24, 2.45) is 0 Å². The summed E-state index contributed by atoms with van der Waals surface area (Å²) in [7, 11) is 0. The second-order valence-electron chi connectivity index (χ2n) is 6.32. The van der Waals surface area contributed by atoms with Crippen LogP contribution >= 0.6 is 11.3 Å². The van der Waals surface area contributed by atoms with Gasteiger partial charge in [0.2, 0.25) is 0 Å². The van der Waals surface area contributed by atoms with Crippen LogP contribution in [0.2, 0.25) is 0 Å². The van der Waals surface area contributed by atoms with Gasteiger partial charge in [-0.05, 0) is 43.5 Å². The Morgan fingerprint density at radius 1 is 1.15 bits per heavy atom. The fourth-order valence-corrected chi connectivity index (χ4v) is 3.78. The topological polar surface area (TPSA) is 73.2 Å². The highest BCUT2D eigenvalue weighted by molar-refractivity contribution is 7.17. The monoisotopic (exact) mass is 371 g/mol. The molecular formula is C20H25N3O2S. The van der Waals surface area contributed by atoms with E-state index >= 15 is 0 Å². The molecule has 138 valence electrons. The summed E-state index contributed by atoms with van der Waals surface area (Å²) < 4.78 is 0. The van der Waals surface area contributed by atoms with Gasteiger partial charge >= 0.3 is 0 Å². The van der Waals surface area contributed by atoms with Crippen LogP contribution in [-0.4, -0.2) is 24.9 Å². The van der Waals surface area contributed by atoms with Crippen LogP contribution in [0.15, 0.2) is 28.9 Å². The van der Waals surface area contributed by atoms with E-state index in [1.54, 1.807) is 24.3 Å². The molecule has 6 heteroatoms. The summed E-state index contributed by atoms with van der Waals surface area (Å²) in [4.78, 5) is 27.2. The van der Waals surface area contributed by atoms with Gasteiger partial charge in [-0.1, -0.05) is 26.7 Å². The molecule has 5 nitrogen and oxygen atoms in total. The van der Waals surface area contributed by atoms with Crippen LogP contribution in [0, 0.1) is 11.3 Å². The highest BCUT2D eigenvalue weighted by atomic mass is 32.1. The number of carbonyl (C=O) groups is 2. The third-order valence-electron chi connectivity index (χ3n) is 4.36. The molecule has 0 saturated heterocycles. The van der Waals surface area contributed by atoms with Gasteiger partial charge in [0.25, 0.3) is 11.8 Å². The molecule has 1 aromatic rings. The summed E-state index contributed by atoms with van der Waals surface area (Å²) in [5.74, 6) is -1.07. The number of thiophene rings is 1. The Balaban J connectivity index is 2.29. The van der Waals surface area contributed by atoms with Crippen LogP contribution < -0.4 is 10.2 Å². The van der Waals surface area contributed by atoms with E-state index in [0.717, 1.165) is 43.6 Å². The highest BCUT2D eigenvalue weighted by Crippen LogP contribution is 2.30. The van der Waals surface area contributed by atoms with E-state index in [1.807, 2.05) is 12.1 Å². The van der Waals surface area contributed by atoms with E-state index in [2.05, 4.69) is 30.1 Å². The zero-order valence-electron chi connectivity index (χ0n) is 15.6.